The Kier molecular flexibility index (Phi) is 6.29. The highest BCUT2D eigenvalue weighted by Gasteiger charge is 2.29. The van der Waals surface area contributed by atoms with Crippen LogP contribution in [-0.2, 0) is 16.6 Å². The molecule has 0 radical (unpaired) electrons. The number of hydrogen-bond acceptors (Lipinski definition) is 4. The fourth-order valence-electron chi connectivity index (χ4n) is 2.66. The third-order valence-corrected chi connectivity index (χ3v) is 5.35. The summed E-state index contributed by atoms with van der Waals surface area (Å²) in [6, 6.07) is 5.29. The van der Waals surface area contributed by atoms with Gasteiger partial charge in [0.1, 0.15) is 0 Å². The van der Waals surface area contributed by atoms with E-state index in [1.54, 1.807) is 0 Å². The van der Waals surface area contributed by atoms with Gasteiger partial charge in [-0.05, 0) is 49.4 Å². The van der Waals surface area contributed by atoms with Gasteiger partial charge < -0.3 is 15.5 Å². The first-order valence-electron chi connectivity index (χ1n) is 8.51. The minimum absolute atomic E-state index is 0.274. The van der Waals surface area contributed by atoms with Gasteiger partial charge in [-0.3, -0.25) is 0 Å². The van der Waals surface area contributed by atoms with Crippen LogP contribution in [0.4, 0.5) is 16.2 Å². The van der Waals surface area contributed by atoms with E-state index in [9.17, 15) is 13.2 Å². The van der Waals surface area contributed by atoms with Gasteiger partial charge in [-0.15, -0.1) is 0 Å². The standard InChI is InChI=1S/C17H28N4O3S/c1-5-18-17(22)19-15-8-9-16(20(2)3)14(10-15)12-21(25(4,23)24)11-13-6-7-13/h8-10,13H,5-7,11-12H2,1-4H3,(H2,18,19,22). The van der Waals surface area contributed by atoms with E-state index < -0.39 is 10.0 Å². The molecule has 0 unspecified atom stereocenters. The third kappa shape index (κ3) is 5.89. The van der Waals surface area contributed by atoms with E-state index in [0.29, 0.717) is 31.2 Å². The summed E-state index contributed by atoms with van der Waals surface area (Å²) in [4.78, 5) is 13.7. The Labute approximate surface area is 150 Å². The molecular weight excluding hydrogens is 340 g/mol. The van der Waals surface area contributed by atoms with Crippen LogP contribution in [0, 0.1) is 5.92 Å². The molecule has 0 saturated heterocycles. The molecule has 1 aliphatic rings. The number of nitrogens with zero attached hydrogens (tertiary/aromatic N) is 2. The summed E-state index contributed by atoms with van der Waals surface area (Å²) in [6.07, 6.45) is 3.43. The fourth-order valence-corrected chi connectivity index (χ4v) is 3.51. The molecule has 8 heteroatoms. The SMILES string of the molecule is CCNC(=O)Nc1ccc(N(C)C)c(CN(CC2CC2)S(C)(=O)=O)c1. The van der Waals surface area contributed by atoms with Crippen molar-refractivity contribution in [1.82, 2.24) is 9.62 Å². The van der Waals surface area contributed by atoms with E-state index in [4.69, 9.17) is 0 Å². The Morgan fingerprint density at radius 2 is 1.96 bits per heavy atom. The minimum Gasteiger partial charge on any atom is -0.377 e. The van der Waals surface area contributed by atoms with Gasteiger partial charge in [0.25, 0.3) is 0 Å². The molecule has 0 atom stereocenters. The second-order valence-corrected chi connectivity index (χ2v) is 8.70. The molecule has 0 aromatic heterocycles. The van der Waals surface area contributed by atoms with Crippen LogP contribution >= 0.6 is 0 Å². The topological polar surface area (TPSA) is 81.8 Å². The molecule has 7 nitrogen and oxygen atoms in total. The molecule has 140 valence electrons. The van der Waals surface area contributed by atoms with Gasteiger partial charge in [-0.25, -0.2) is 13.2 Å². The minimum atomic E-state index is -3.29. The van der Waals surface area contributed by atoms with Crippen LogP contribution in [0.3, 0.4) is 0 Å². The second-order valence-electron chi connectivity index (χ2n) is 6.72. The lowest BCUT2D eigenvalue weighted by Crippen LogP contribution is -2.32. The Balaban J connectivity index is 2.26. The third-order valence-electron chi connectivity index (χ3n) is 4.13. The summed E-state index contributed by atoms with van der Waals surface area (Å²) in [6.45, 7) is 3.24. The number of urea groups is 1. The van der Waals surface area contributed by atoms with Crippen LogP contribution in [0.25, 0.3) is 0 Å². The molecule has 1 fully saturated rings. The first-order chi connectivity index (χ1) is 11.7. The molecule has 0 spiro atoms. The van der Waals surface area contributed by atoms with Crippen molar-refractivity contribution in [2.75, 3.05) is 43.7 Å². The lowest BCUT2D eigenvalue weighted by atomic mass is 10.1. The zero-order valence-corrected chi connectivity index (χ0v) is 16.2. The van der Waals surface area contributed by atoms with Gasteiger partial charge >= 0.3 is 6.03 Å². The van der Waals surface area contributed by atoms with Gasteiger partial charge in [0.05, 0.1) is 6.26 Å². The summed E-state index contributed by atoms with van der Waals surface area (Å²) in [5.41, 5.74) is 2.45. The fraction of sp³-hybridized carbons (Fsp3) is 0.588. The first kappa shape index (κ1) is 19.5. The van der Waals surface area contributed by atoms with Crippen LogP contribution in [0.5, 0.6) is 0 Å². The maximum absolute atomic E-state index is 12.2. The van der Waals surface area contributed by atoms with Crippen molar-refractivity contribution in [2.24, 2.45) is 5.92 Å². The van der Waals surface area contributed by atoms with E-state index in [1.165, 1.54) is 10.6 Å². The molecule has 25 heavy (non-hydrogen) atoms. The summed E-state index contributed by atoms with van der Waals surface area (Å²) in [5, 5.41) is 5.46. The summed E-state index contributed by atoms with van der Waals surface area (Å²) in [7, 11) is 0.546. The Bertz CT molecular complexity index is 715. The van der Waals surface area contributed by atoms with Crippen molar-refractivity contribution in [3.8, 4) is 0 Å². The Hall–Kier alpha value is -1.80. The number of carbonyl (C=O) groups is 1. The number of hydrogen-bond donors (Lipinski definition) is 2. The highest BCUT2D eigenvalue weighted by Crippen LogP contribution is 2.32. The van der Waals surface area contributed by atoms with E-state index in [0.717, 1.165) is 24.1 Å². The molecular formula is C17H28N4O3S. The monoisotopic (exact) mass is 368 g/mol. The molecule has 2 amide bonds. The molecule has 0 heterocycles. The van der Waals surface area contributed by atoms with Gasteiger partial charge in [-0.2, -0.15) is 4.31 Å². The summed E-state index contributed by atoms with van der Waals surface area (Å²) < 4.78 is 25.9. The average Bonchev–Trinajstić information content (AvgIpc) is 3.30. The van der Waals surface area contributed by atoms with Crippen molar-refractivity contribution in [3.63, 3.8) is 0 Å². The quantitative estimate of drug-likeness (QED) is 0.736. The van der Waals surface area contributed by atoms with Crippen LogP contribution in [0.15, 0.2) is 18.2 Å². The van der Waals surface area contributed by atoms with Crippen molar-refractivity contribution in [2.45, 2.75) is 26.3 Å². The second kappa shape index (κ2) is 8.05. The van der Waals surface area contributed by atoms with Gasteiger partial charge in [-0.1, -0.05) is 0 Å². The molecule has 1 aromatic rings. The predicted octanol–water partition coefficient (Wildman–Crippen LogP) is 2.07. The molecule has 1 saturated carbocycles. The molecule has 2 N–H and O–H groups in total. The average molecular weight is 369 g/mol. The van der Waals surface area contributed by atoms with Crippen molar-refractivity contribution in [3.05, 3.63) is 23.8 Å². The van der Waals surface area contributed by atoms with Crippen molar-refractivity contribution in [1.29, 1.82) is 0 Å². The van der Waals surface area contributed by atoms with Gasteiger partial charge in [0, 0.05) is 45.1 Å². The van der Waals surface area contributed by atoms with Crippen molar-refractivity contribution < 1.29 is 13.2 Å². The summed E-state index contributed by atoms with van der Waals surface area (Å²) in [5.74, 6) is 0.467. The zero-order valence-electron chi connectivity index (χ0n) is 15.4. The number of rotatable bonds is 8. The molecule has 0 aliphatic heterocycles. The largest absolute Gasteiger partial charge is 0.377 e. The summed E-state index contributed by atoms with van der Waals surface area (Å²) >= 11 is 0. The Morgan fingerprint density at radius 1 is 1.28 bits per heavy atom. The van der Waals surface area contributed by atoms with Crippen LogP contribution in [0.2, 0.25) is 0 Å². The number of amides is 2. The molecule has 0 bridgehead atoms. The molecule has 1 aliphatic carbocycles. The highest BCUT2D eigenvalue weighted by molar-refractivity contribution is 7.88. The number of nitrogens with one attached hydrogen (secondary N) is 2. The van der Waals surface area contributed by atoms with E-state index in [-0.39, 0.29) is 6.03 Å². The van der Waals surface area contributed by atoms with Gasteiger partial charge in [0.15, 0.2) is 0 Å². The smallest absolute Gasteiger partial charge is 0.319 e. The maximum atomic E-state index is 12.2. The van der Waals surface area contributed by atoms with E-state index >= 15 is 0 Å². The predicted molar refractivity (Wildman–Crippen MR) is 101 cm³/mol. The lowest BCUT2D eigenvalue weighted by Gasteiger charge is -2.24. The highest BCUT2D eigenvalue weighted by atomic mass is 32.2. The maximum Gasteiger partial charge on any atom is 0.319 e. The zero-order chi connectivity index (χ0) is 18.6. The molecule has 1 aromatic carbocycles. The first-order valence-corrected chi connectivity index (χ1v) is 10.4. The van der Waals surface area contributed by atoms with E-state index in [2.05, 4.69) is 10.6 Å². The Morgan fingerprint density at radius 3 is 2.48 bits per heavy atom. The lowest BCUT2D eigenvalue weighted by molar-refractivity contribution is 0.252. The number of sulfonamides is 1. The van der Waals surface area contributed by atoms with Crippen LogP contribution in [-0.4, -0.2) is 52.2 Å². The number of carbonyl (C=O) groups excluding carboxylic acids is 1. The van der Waals surface area contributed by atoms with Crippen LogP contribution in [0.1, 0.15) is 25.3 Å². The van der Waals surface area contributed by atoms with Gasteiger partial charge in [0.2, 0.25) is 10.0 Å². The number of benzene rings is 1. The number of anilines is 2. The van der Waals surface area contributed by atoms with Crippen LogP contribution < -0.4 is 15.5 Å². The normalized spacial score (nSPS) is 14.4. The molecule has 2 rings (SSSR count). The van der Waals surface area contributed by atoms with Crippen molar-refractivity contribution >= 4 is 27.4 Å². The van der Waals surface area contributed by atoms with E-state index in [1.807, 2.05) is 44.1 Å².